The number of carbonyl (C=O) groups is 1. The van der Waals surface area contributed by atoms with E-state index in [1.807, 2.05) is 0 Å². The fourth-order valence-electron chi connectivity index (χ4n) is 3.39. The lowest BCUT2D eigenvalue weighted by Crippen LogP contribution is -2.49. The van der Waals surface area contributed by atoms with Crippen LogP contribution < -0.4 is 20.5 Å². The first-order chi connectivity index (χ1) is 13.0. The van der Waals surface area contributed by atoms with Crippen LogP contribution in [0.4, 0.5) is 0 Å². The lowest BCUT2D eigenvalue weighted by molar-refractivity contribution is -0.121. The van der Waals surface area contributed by atoms with Crippen molar-refractivity contribution in [3.63, 3.8) is 0 Å². The van der Waals surface area contributed by atoms with Gasteiger partial charge in [0.15, 0.2) is 11.5 Å². The van der Waals surface area contributed by atoms with E-state index in [9.17, 15) is 13.2 Å². The zero-order valence-electron chi connectivity index (χ0n) is 15.8. The summed E-state index contributed by atoms with van der Waals surface area (Å²) >= 11 is 0. The zero-order chi connectivity index (χ0) is 19.3. The van der Waals surface area contributed by atoms with Crippen LogP contribution in [0.1, 0.15) is 32.1 Å². The summed E-state index contributed by atoms with van der Waals surface area (Å²) in [5, 5.41) is 2.80. The van der Waals surface area contributed by atoms with E-state index in [1.54, 1.807) is 12.1 Å². The number of carbonyl (C=O) groups excluding carboxylic acids is 1. The van der Waals surface area contributed by atoms with E-state index in [0.29, 0.717) is 44.2 Å². The van der Waals surface area contributed by atoms with Gasteiger partial charge >= 0.3 is 0 Å². The topological polar surface area (TPSA) is 111 Å². The highest BCUT2D eigenvalue weighted by molar-refractivity contribution is 7.89. The molecule has 1 saturated heterocycles. The highest BCUT2D eigenvalue weighted by atomic mass is 35.5. The third kappa shape index (κ3) is 5.28. The monoisotopic (exact) mass is 433 g/mol. The second-order valence-electron chi connectivity index (χ2n) is 6.77. The van der Waals surface area contributed by atoms with Crippen LogP contribution in [0.25, 0.3) is 0 Å². The fraction of sp³-hybridized carbons (Fsp3) is 0.611. The molecule has 0 saturated carbocycles. The van der Waals surface area contributed by atoms with E-state index in [-0.39, 0.29) is 42.2 Å². The van der Waals surface area contributed by atoms with Gasteiger partial charge in [-0.2, -0.15) is 4.31 Å². The molecule has 1 aromatic carbocycles. The normalized spacial score (nSPS) is 20.0. The van der Waals surface area contributed by atoms with Crippen LogP contribution in [0.2, 0.25) is 0 Å². The minimum Gasteiger partial charge on any atom is -0.490 e. The molecule has 28 heavy (non-hydrogen) atoms. The molecule has 3 rings (SSSR count). The number of ether oxygens (including phenoxy) is 2. The van der Waals surface area contributed by atoms with Crippen molar-refractivity contribution >= 4 is 28.3 Å². The molecule has 0 spiro atoms. The number of hydrogen-bond acceptors (Lipinski definition) is 6. The number of nitrogens with zero attached hydrogens (tertiary/aromatic N) is 1. The van der Waals surface area contributed by atoms with Crippen molar-refractivity contribution in [3.8, 4) is 11.5 Å². The molecule has 3 N–H and O–H groups in total. The number of halogens is 1. The number of sulfonamides is 1. The van der Waals surface area contributed by atoms with E-state index in [2.05, 4.69) is 5.32 Å². The summed E-state index contributed by atoms with van der Waals surface area (Å²) in [6.45, 7) is 2.05. The van der Waals surface area contributed by atoms with Crippen molar-refractivity contribution in [3.05, 3.63) is 18.2 Å². The van der Waals surface area contributed by atoms with Crippen LogP contribution in [-0.4, -0.2) is 57.5 Å². The molecule has 1 amide bonds. The maximum absolute atomic E-state index is 13.2. The molecule has 1 fully saturated rings. The molecule has 1 atom stereocenters. The van der Waals surface area contributed by atoms with Gasteiger partial charge in [0.25, 0.3) is 0 Å². The van der Waals surface area contributed by atoms with Crippen LogP contribution >= 0.6 is 12.4 Å². The molecule has 1 unspecified atom stereocenters. The van der Waals surface area contributed by atoms with Crippen molar-refractivity contribution < 1.29 is 22.7 Å². The summed E-state index contributed by atoms with van der Waals surface area (Å²) in [6.07, 6.45) is 3.45. The third-order valence-electron chi connectivity index (χ3n) is 4.80. The van der Waals surface area contributed by atoms with E-state index in [1.165, 1.54) is 10.4 Å². The molecular formula is C18H28ClN3O5S. The Morgan fingerprint density at radius 2 is 1.93 bits per heavy atom. The quantitative estimate of drug-likeness (QED) is 0.699. The van der Waals surface area contributed by atoms with Crippen molar-refractivity contribution in [1.29, 1.82) is 0 Å². The van der Waals surface area contributed by atoms with Gasteiger partial charge in [0.05, 0.1) is 18.1 Å². The Balaban J connectivity index is 0.00000280. The Labute approximate surface area is 172 Å². The summed E-state index contributed by atoms with van der Waals surface area (Å²) in [6, 6.07) is 4.48. The van der Waals surface area contributed by atoms with E-state index in [0.717, 1.165) is 19.3 Å². The second kappa shape index (κ2) is 10.3. The molecule has 0 bridgehead atoms. The summed E-state index contributed by atoms with van der Waals surface area (Å²) in [5.74, 6) is 0.866. The minimum absolute atomic E-state index is 0. The SMILES string of the molecule is Cl.NCCC(=O)NCC1CCCCN1S(=O)(=O)c1ccc2c(c1)OCCCO2. The Hall–Kier alpha value is -1.55. The van der Waals surface area contributed by atoms with E-state index in [4.69, 9.17) is 15.2 Å². The van der Waals surface area contributed by atoms with Crippen LogP contribution in [-0.2, 0) is 14.8 Å². The molecular weight excluding hydrogens is 406 g/mol. The first kappa shape index (κ1) is 22.7. The van der Waals surface area contributed by atoms with Gasteiger partial charge in [-0.15, -0.1) is 12.4 Å². The molecule has 8 nitrogen and oxygen atoms in total. The lowest BCUT2D eigenvalue weighted by atomic mass is 10.1. The molecule has 2 heterocycles. The number of nitrogens with two attached hydrogens (primary N) is 1. The predicted octanol–water partition coefficient (Wildman–Crippen LogP) is 1.28. The number of amides is 1. The number of fused-ring (bicyclic) bond motifs is 1. The number of hydrogen-bond donors (Lipinski definition) is 2. The Bertz CT molecular complexity index is 774. The highest BCUT2D eigenvalue weighted by Gasteiger charge is 2.34. The zero-order valence-corrected chi connectivity index (χ0v) is 17.4. The molecule has 1 aromatic rings. The summed E-state index contributed by atoms with van der Waals surface area (Å²) < 4.78 is 39.2. The van der Waals surface area contributed by atoms with Crippen LogP contribution in [0, 0.1) is 0 Å². The van der Waals surface area contributed by atoms with Gasteiger partial charge in [-0.25, -0.2) is 8.42 Å². The number of rotatable bonds is 6. The van der Waals surface area contributed by atoms with Crippen molar-refractivity contribution in [2.24, 2.45) is 5.73 Å². The van der Waals surface area contributed by atoms with Gasteiger partial charge in [0, 0.05) is 44.6 Å². The average molecular weight is 434 g/mol. The Morgan fingerprint density at radius 3 is 2.68 bits per heavy atom. The summed E-state index contributed by atoms with van der Waals surface area (Å²) in [4.78, 5) is 11.9. The molecule has 2 aliphatic rings. The second-order valence-corrected chi connectivity index (χ2v) is 8.66. The van der Waals surface area contributed by atoms with E-state index >= 15 is 0 Å². The first-order valence-corrected chi connectivity index (χ1v) is 10.8. The van der Waals surface area contributed by atoms with Gasteiger partial charge in [-0.05, 0) is 25.0 Å². The van der Waals surface area contributed by atoms with Crippen molar-refractivity contribution in [2.45, 2.75) is 43.0 Å². The fourth-order valence-corrected chi connectivity index (χ4v) is 5.09. The third-order valence-corrected chi connectivity index (χ3v) is 6.75. The smallest absolute Gasteiger partial charge is 0.243 e. The molecule has 158 valence electrons. The molecule has 0 radical (unpaired) electrons. The summed E-state index contributed by atoms with van der Waals surface area (Å²) in [5.41, 5.74) is 5.39. The number of piperidine rings is 1. The summed E-state index contributed by atoms with van der Waals surface area (Å²) in [7, 11) is -3.69. The first-order valence-electron chi connectivity index (χ1n) is 9.40. The number of nitrogens with one attached hydrogen (secondary N) is 1. The highest BCUT2D eigenvalue weighted by Crippen LogP contribution is 2.34. The van der Waals surface area contributed by atoms with Gasteiger partial charge in [0.2, 0.25) is 15.9 Å². The lowest BCUT2D eigenvalue weighted by Gasteiger charge is -2.34. The molecule has 0 aliphatic carbocycles. The molecule has 2 aliphatic heterocycles. The van der Waals surface area contributed by atoms with E-state index < -0.39 is 10.0 Å². The maximum Gasteiger partial charge on any atom is 0.243 e. The number of benzene rings is 1. The van der Waals surface area contributed by atoms with Gasteiger partial charge in [-0.3, -0.25) is 4.79 Å². The van der Waals surface area contributed by atoms with Crippen LogP contribution in [0.5, 0.6) is 11.5 Å². The standard InChI is InChI=1S/C18H27N3O5S.ClH/c19-8-7-18(22)20-13-14-4-1-2-9-21(14)27(23,24)15-5-6-16-17(12-15)26-11-3-10-25-16;/h5-6,12,14H,1-4,7-11,13,19H2,(H,20,22);1H. The predicted molar refractivity (Wildman–Crippen MR) is 108 cm³/mol. The van der Waals surface area contributed by atoms with Gasteiger partial charge in [-0.1, -0.05) is 6.42 Å². The van der Waals surface area contributed by atoms with Gasteiger partial charge < -0.3 is 20.5 Å². The van der Waals surface area contributed by atoms with Gasteiger partial charge in [0.1, 0.15) is 0 Å². The maximum atomic E-state index is 13.2. The Kier molecular flexibility index (Phi) is 8.36. The average Bonchev–Trinajstić information content (AvgIpc) is 2.91. The molecule has 0 aromatic heterocycles. The van der Waals surface area contributed by atoms with Crippen molar-refractivity contribution in [2.75, 3.05) is 32.8 Å². The Morgan fingerprint density at radius 1 is 1.18 bits per heavy atom. The van der Waals surface area contributed by atoms with Crippen LogP contribution in [0.15, 0.2) is 23.1 Å². The minimum atomic E-state index is -3.69. The van der Waals surface area contributed by atoms with Crippen LogP contribution in [0.3, 0.4) is 0 Å². The molecule has 10 heteroatoms. The largest absolute Gasteiger partial charge is 0.490 e. The van der Waals surface area contributed by atoms with Crippen molar-refractivity contribution in [1.82, 2.24) is 9.62 Å².